The van der Waals surface area contributed by atoms with Gasteiger partial charge >= 0.3 is 5.97 Å². The molecule has 0 aromatic carbocycles. The van der Waals surface area contributed by atoms with Gasteiger partial charge in [-0.1, -0.05) is 19.9 Å². The van der Waals surface area contributed by atoms with E-state index in [9.17, 15) is 9.59 Å². The number of hydrogen-bond acceptors (Lipinski definition) is 4. The van der Waals surface area contributed by atoms with Gasteiger partial charge in [-0.3, -0.25) is 9.20 Å². The first-order valence-corrected chi connectivity index (χ1v) is 6.97. The van der Waals surface area contributed by atoms with E-state index in [1.54, 1.807) is 23.6 Å². The molecule has 0 aliphatic carbocycles. The molecule has 112 valence electrons. The fraction of sp³-hybridized carbons (Fsp3) is 0.400. The number of rotatable bonds is 5. The van der Waals surface area contributed by atoms with Gasteiger partial charge in [-0.15, -0.1) is 0 Å². The summed E-state index contributed by atoms with van der Waals surface area (Å²) in [5, 5.41) is 2.76. The lowest BCUT2D eigenvalue weighted by Gasteiger charge is -2.08. The molecule has 2 aromatic rings. The zero-order valence-corrected chi connectivity index (χ0v) is 12.4. The molecule has 0 saturated carbocycles. The van der Waals surface area contributed by atoms with E-state index in [1.807, 2.05) is 26.0 Å². The van der Waals surface area contributed by atoms with Crippen LogP contribution in [0.25, 0.3) is 5.65 Å². The SMILES string of the molecule is CCOC(=O)c1nc2ccccn2c1NC(=O)CC(C)C. The van der Waals surface area contributed by atoms with Crippen LogP contribution in [-0.4, -0.2) is 27.9 Å². The van der Waals surface area contributed by atoms with Gasteiger partial charge in [0.05, 0.1) is 6.61 Å². The summed E-state index contributed by atoms with van der Waals surface area (Å²) < 4.78 is 6.67. The second-order valence-corrected chi connectivity index (χ2v) is 5.10. The van der Waals surface area contributed by atoms with E-state index in [-0.39, 0.29) is 24.1 Å². The van der Waals surface area contributed by atoms with E-state index in [0.29, 0.717) is 17.9 Å². The highest BCUT2D eigenvalue weighted by molar-refractivity contribution is 6.00. The molecule has 1 amide bonds. The molecule has 6 heteroatoms. The molecule has 2 aromatic heterocycles. The average molecular weight is 289 g/mol. The minimum Gasteiger partial charge on any atom is -0.461 e. The topological polar surface area (TPSA) is 72.7 Å². The summed E-state index contributed by atoms with van der Waals surface area (Å²) in [5.74, 6) is -0.104. The number of carbonyl (C=O) groups excluding carboxylic acids is 2. The van der Waals surface area contributed by atoms with Crippen LogP contribution >= 0.6 is 0 Å². The van der Waals surface area contributed by atoms with E-state index in [1.165, 1.54) is 0 Å². The Hall–Kier alpha value is -2.37. The van der Waals surface area contributed by atoms with Gasteiger partial charge in [0.1, 0.15) is 5.65 Å². The number of anilines is 1. The van der Waals surface area contributed by atoms with Crippen LogP contribution in [0, 0.1) is 5.92 Å². The number of amides is 1. The smallest absolute Gasteiger partial charge is 0.360 e. The normalized spacial score (nSPS) is 10.9. The number of aromatic nitrogens is 2. The monoisotopic (exact) mass is 289 g/mol. The summed E-state index contributed by atoms with van der Waals surface area (Å²) in [6.45, 7) is 5.90. The Bertz CT molecular complexity index is 661. The Labute approximate surface area is 123 Å². The zero-order valence-electron chi connectivity index (χ0n) is 12.4. The number of hydrogen-bond donors (Lipinski definition) is 1. The Kier molecular flexibility index (Phi) is 4.57. The Morgan fingerprint density at radius 2 is 2.14 bits per heavy atom. The van der Waals surface area contributed by atoms with Crippen molar-refractivity contribution in [1.82, 2.24) is 9.38 Å². The molecule has 2 heterocycles. The van der Waals surface area contributed by atoms with Gasteiger partial charge < -0.3 is 10.1 Å². The predicted molar refractivity (Wildman–Crippen MR) is 79.2 cm³/mol. The van der Waals surface area contributed by atoms with Crippen molar-refractivity contribution in [3.8, 4) is 0 Å². The third-order valence-corrected chi connectivity index (χ3v) is 2.85. The summed E-state index contributed by atoms with van der Waals surface area (Å²) in [4.78, 5) is 28.2. The van der Waals surface area contributed by atoms with Crippen molar-refractivity contribution < 1.29 is 14.3 Å². The lowest BCUT2D eigenvalue weighted by molar-refractivity contribution is -0.116. The summed E-state index contributed by atoms with van der Waals surface area (Å²) in [6, 6.07) is 5.39. The molecule has 21 heavy (non-hydrogen) atoms. The highest BCUT2D eigenvalue weighted by Crippen LogP contribution is 2.20. The number of pyridine rings is 1. The van der Waals surface area contributed by atoms with Crippen LogP contribution in [0.5, 0.6) is 0 Å². The van der Waals surface area contributed by atoms with Crippen molar-refractivity contribution in [2.24, 2.45) is 5.92 Å². The highest BCUT2D eigenvalue weighted by Gasteiger charge is 2.21. The van der Waals surface area contributed by atoms with E-state index in [0.717, 1.165) is 0 Å². The standard InChI is InChI=1S/C15H19N3O3/c1-4-21-15(20)13-14(17-12(19)9-10(2)3)18-8-6-5-7-11(18)16-13/h5-8,10H,4,9H2,1-3H3,(H,17,19). The first-order chi connectivity index (χ1) is 10.0. The second kappa shape index (κ2) is 6.39. The van der Waals surface area contributed by atoms with Crippen LogP contribution in [0.1, 0.15) is 37.7 Å². The van der Waals surface area contributed by atoms with Gasteiger partial charge in [0.25, 0.3) is 0 Å². The third-order valence-electron chi connectivity index (χ3n) is 2.85. The minimum absolute atomic E-state index is 0.125. The van der Waals surface area contributed by atoms with Crippen molar-refractivity contribution in [2.75, 3.05) is 11.9 Å². The fourth-order valence-corrected chi connectivity index (χ4v) is 2.01. The Morgan fingerprint density at radius 1 is 1.38 bits per heavy atom. The number of nitrogens with one attached hydrogen (secondary N) is 1. The van der Waals surface area contributed by atoms with Gasteiger partial charge in [-0.25, -0.2) is 9.78 Å². The van der Waals surface area contributed by atoms with E-state index in [2.05, 4.69) is 10.3 Å². The van der Waals surface area contributed by atoms with Gasteiger partial charge in [-0.2, -0.15) is 0 Å². The Morgan fingerprint density at radius 3 is 2.81 bits per heavy atom. The van der Waals surface area contributed by atoms with Crippen molar-refractivity contribution in [3.05, 3.63) is 30.1 Å². The number of imidazole rings is 1. The lowest BCUT2D eigenvalue weighted by Crippen LogP contribution is -2.18. The van der Waals surface area contributed by atoms with Crippen molar-refractivity contribution in [2.45, 2.75) is 27.2 Å². The number of esters is 1. The predicted octanol–water partition coefficient (Wildman–Crippen LogP) is 2.50. The number of nitrogens with zero attached hydrogens (tertiary/aromatic N) is 2. The quantitative estimate of drug-likeness (QED) is 0.858. The molecule has 1 N–H and O–H groups in total. The molecule has 0 spiro atoms. The van der Waals surface area contributed by atoms with Crippen LogP contribution in [0.2, 0.25) is 0 Å². The Balaban J connectivity index is 2.40. The lowest BCUT2D eigenvalue weighted by atomic mass is 10.1. The summed E-state index contributed by atoms with van der Waals surface area (Å²) in [6.07, 6.45) is 2.12. The van der Waals surface area contributed by atoms with Gasteiger partial charge in [0.2, 0.25) is 5.91 Å². The van der Waals surface area contributed by atoms with Crippen LogP contribution in [-0.2, 0) is 9.53 Å². The molecule has 0 saturated heterocycles. The second-order valence-electron chi connectivity index (χ2n) is 5.10. The molecule has 0 bridgehead atoms. The highest BCUT2D eigenvalue weighted by atomic mass is 16.5. The summed E-state index contributed by atoms with van der Waals surface area (Å²) in [7, 11) is 0. The molecular formula is C15H19N3O3. The van der Waals surface area contributed by atoms with Crippen molar-refractivity contribution in [1.29, 1.82) is 0 Å². The van der Waals surface area contributed by atoms with Gasteiger partial charge in [0.15, 0.2) is 11.5 Å². The van der Waals surface area contributed by atoms with Crippen LogP contribution < -0.4 is 5.32 Å². The molecule has 0 atom stereocenters. The molecule has 0 unspecified atom stereocenters. The maximum absolute atomic E-state index is 12.0. The maximum Gasteiger partial charge on any atom is 0.360 e. The number of fused-ring (bicyclic) bond motifs is 1. The minimum atomic E-state index is -0.541. The molecular weight excluding hydrogens is 270 g/mol. The fourth-order valence-electron chi connectivity index (χ4n) is 2.01. The van der Waals surface area contributed by atoms with Crippen LogP contribution in [0.15, 0.2) is 24.4 Å². The first kappa shape index (κ1) is 15.0. The van der Waals surface area contributed by atoms with Crippen molar-refractivity contribution >= 4 is 23.3 Å². The van der Waals surface area contributed by atoms with Crippen molar-refractivity contribution in [3.63, 3.8) is 0 Å². The first-order valence-electron chi connectivity index (χ1n) is 6.97. The van der Waals surface area contributed by atoms with Crippen LogP contribution in [0.3, 0.4) is 0 Å². The summed E-state index contributed by atoms with van der Waals surface area (Å²) >= 11 is 0. The van der Waals surface area contributed by atoms with Gasteiger partial charge in [-0.05, 0) is 25.0 Å². The molecule has 2 rings (SSSR count). The molecule has 0 fully saturated rings. The van der Waals surface area contributed by atoms with Gasteiger partial charge in [0, 0.05) is 12.6 Å². The van der Waals surface area contributed by atoms with E-state index >= 15 is 0 Å². The zero-order chi connectivity index (χ0) is 15.4. The molecule has 0 aliphatic heterocycles. The average Bonchev–Trinajstić information content (AvgIpc) is 2.77. The van der Waals surface area contributed by atoms with Crippen LogP contribution in [0.4, 0.5) is 5.82 Å². The van der Waals surface area contributed by atoms with E-state index < -0.39 is 5.97 Å². The third kappa shape index (κ3) is 3.39. The number of ether oxygens (including phenoxy) is 1. The molecule has 0 radical (unpaired) electrons. The largest absolute Gasteiger partial charge is 0.461 e. The number of carbonyl (C=O) groups is 2. The maximum atomic E-state index is 12.0. The molecule has 0 aliphatic rings. The molecule has 6 nitrogen and oxygen atoms in total. The summed E-state index contributed by atoms with van der Waals surface area (Å²) in [5.41, 5.74) is 0.709. The van der Waals surface area contributed by atoms with E-state index in [4.69, 9.17) is 4.74 Å².